The van der Waals surface area contributed by atoms with Crippen LogP contribution in [0, 0.1) is 13.5 Å². The number of aryl methyl sites for hydroxylation is 1. The fourth-order valence-electron chi connectivity index (χ4n) is 4.29. The Balaban J connectivity index is 1.77. The smallest absolute Gasteiger partial charge is 0.103 e. The number of rotatable bonds is 2. The molecule has 0 atom stereocenters. The lowest BCUT2D eigenvalue weighted by Crippen LogP contribution is -2.60. The molecule has 3 fully saturated rings. The van der Waals surface area contributed by atoms with Crippen molar-refractivity contribution in [1.82, 2.24) is 0 Å². The van der Waals surface area contributed by atoms with Crippen molar-refractivity contribution in [2.45, 2.75) is 50.5 Å². The fraction of sp³-hybridized carbons (Fsp3) is 0.381. The van der Waals surface area contributed by atoms with Gasteiger partial charge in [-0.05, 0) is 62.8 Å². The molecule has 1 aliphatic carbocycles. The lowest BCUT2D eigenvalue weighted by atomic mass is 9.59. The Bertz CT molecular complexity index is 665. The van der Waals surface area contributed by atoms with E-state index in [4.69, 9.17) is 0 Å². The van der Waals surface area contributed by atoms with Gasteiger partial charge >= 0.3 is 0 Å². The van der Waals surface area contributed by atoms with Gasteiger partial charge in [0.1, 0.15) is 6.54 Å². The minimum atomic E-state index is 0.0962. The molecule has 5 rings (SSSR count). The van der Waals surface area contributed by atoms with Crippen molar-refractivity contribution in [2.75, 3.05) is 4.90 Å². The number of piperidine rings is 2. The molecule has 0 amide bonds. The van der Waals surface area contributed by atoms with Crippen LogP contribution in [0.1, 0.15) is 43.7 Å². The highest BCUT2D eigenvalue weighted by atomic mass is 15.2. The molecule has 22 heavy (non-hydrogen) atoms. The molecule has 2 radical (unpaired) electrons. The van der Waals surface area contributed by atoms with Gasteiger partial charge in [-0.2, -0.15) is 0 Å². The van der Waals surface area contributed by atoms with Gasteiger partial charge in [-0.1, -0.05) is 42.5 Å². The maximum Gasteiger partial charge on any atom is 0.103 e. The van der Waals surface area contributed by atoms with Crippen molar-refractivity contribution in [3.05, 3.63) is 72.3 Å². The molecule has 2 bridgehead atoms. The average Bonchev–Trinajstić information content (AvgIpc) is 2.57. The van der Waals surface area contributed by atoms with E-state index < -0.39 is 0 Å². The van der Waals surface area contributed by atoms with Crippen LogP contribution in [0.15, 0.2) is 54.6 Å². The second kappa shape index (κ2) is 4.87. The molecule has 2 heterocycles. The van der Waals surface area contributed by atoms with E-state index in [0.717, 1.165) is 0 Å². The maximum atomic E-state index is 3.91. The van der Waals surface area contributed by atoms with E-state index in [1.54, 1.807) is 0 Å². The Hall–Kier alpha value is -1.76. The van der Waals surface area contributed by atoms with E-state index in [1.807, 2.05) is 0 Å². The van der Waals surface area contributed by atoms with E-state index in [2.05, 4.69) is 79.9 Å². The zero-order valence-corrected chi connectivity index (χ0v) is 13.5. The van der Waals surface area contributed by atoms with Crippen LogP contribution in [0.4, 0.5) is 5.69 Å². The van der Waals surface area contributed by atoms with Crippen molar-refractivity contribution < 1.29 is 0 Å². The highest BCUT2D eigenvalue weighted by Gasteiger charge is 2.52. The van der Waals surface area contributed by atoms with Crippen molar-refractivity contribution in [1.29, 1.82) is 0 Å². The normalized spacial score (nSPS) is 30.5. The van der Waals surface area contributed by atoms with Crippen LogP contribution in [0.25, 0.3) is 0 Å². The van der Waals surface area contributed by atoms with Crippen molar-refractivity contribution >= 4 is 5.69 Å². The largest absolute Gasteiger partial charge is 0.355 e. The van der Waals surface area contributed by atoms with Gasteiger partial charge in [-0.25, -0.2) is 0 Å². The highest BCUT2D eigenvalue weighted by molar-refractivity contribution is 5.56. The summed E-state index contributed by atoms with van der Waals surface area (Å²) in [5.41, 5.74) is 4.47. The number of hydrogen-bond acceptors (Lipinski definition) is 1. The third kappa shape index (κ3) is 1.99. The quantitative estimate of drug-likeness (QED) is 0.741. The van der Waals surface area contributed by atoms with Gasteiger partial charge in [0.15, 0.2) is 0 Å². The third-order valence-electron chi connectivity index (χ3n) is 5.72. The van der Waals surface area contributed by atoms with Crippen molar-refractivity contribution in [2.24, 2.45) is 0 Å². The van der Waals surface area contributed by atoms with E-state index in [9.17, 15) is 0 Å². The molecule has 112 valence electrons. The summed E-state index contributed by atoms with van der Waals surface area (Å²) >= 11 is 0. The summed E-state index contributed by atoms with van der Waals surface area (Å²) in [4.78, 5) is 2.44. The molecule has 0 aromatic heterocycles. The van der Waals surface area contributed by atoms with Crippen LogP contribution in [-0.4, -0.2) is 5.54 Å². The Labute approximate surface area is 134 Å². The zero-order valence-electron chi connectivity index (χ0n) is 13.5. The summed E-state index contributed by atoms with van der Waals surface area (Å²) in [6, 6.07) is 19.6. The van der Waals surface area contributed by atoms with Crippen LogP contribution < -0.4 is 4.90 Å². The van der Waals surface area contributed by atoms with Gasteiger partial charge in [0.2, 0.25) is 0 Å². The van der Waals surface area contributed by atoms with Crippen LogP contribution in [0.3, 0.4) is 0 Å². The summed E-state index contributed by atoms with van der Waals surface area (Å²) < 4.78 is 0. The minimum Gasteiger partial charge on any atom is -0.355 e. The minimum absolute atomic E-state index is 0.0962. The second-order valence-corrected chi connectivity index (χ2v) is 7.18. The molecule has 0 spiro atoms. The average molecular weight is 289 g/mol. The molecule has 1 heteroatoms. The Morgan fingerprint density at radius 1 is 0.864 bits per heavy atom. The first-order valence-corrected chi connectivity index (χ1v) is 8.32. The Morgan fingerprint density at radius 3 is 2.18 bits per heavy atom. The fourth-order valence-corrected chi connectivity index (χ4v) is 4.29. The number of para-hydroxylation sites is 1. The molecule has 3 aliphatic rings. The standard InChI is InChI=1S/C21H23N/c1-17-8-6-7-11-19(17)21-14-12-20(2,13-15-21)22(16-21)18-9-4-3-5-10-18/h3-11H,12-15H2,1-2H3. The first-order chi connectivity index (χ1) is 10.6. The van der Waals surface area contributed by atoms with E-state index in [-0.39, 0.29) is 11.0 Å². The van der Waals surface area contributed by atoms with E-state index in [1.165, 1.54) is 42.5 Å². The number of hydrogen-bond donors (Lipinski definition) is 0. The van der Waals surface area contributed by atoms with Gasteiger partial charge in [0.05, 0.1) is 0 Å². The van der Waals surface area contributed by atoms with E-state index in [0.29, 0.717) is 0 Å². The van der Waals surface area contributed by atoms with Crippen molar-refractivity contribution in [3.63, 3.8) is 0 Å². The molecule has 2 aromatic rings. The molecule has 1 saturated carbocycles. The van der Waals surface area contributed by atoms with Crippen LogP contribution in [0.5, 0.6) is 0 Å². The Kier molecular flexibility index (Phi) is 3.07. The summed E-state index contributed by atoms with van der Waals surface area (Å²) in [6.45, 7) is 8.55. The Morgan fingerprint density at radius 2 is 1.50 bits per heavy atom. The van der Waals surface area contributed by atoms with Crippen LogP contribution in [-0.2, 0) is 5.41 Å². The lowest BCUT2D eigenvalue weighted by Gasteiger charge is -2.59. The third-order valence-corrected chi connectivity index (χ3v) is 5.72. The number of fused-ring (bicyclic) bond motifs is 3. The van der Waals surface area contributed by atoms with Gasteiger partial charge in [-0.15, -0.1) is 0 Å². The predicted molar refractivity (Wildman–Crippen MR) is 91.9 cm³/mol. The van der Waals surface area contributed by atoms with Crippen molar-refractivity contribution in [3.8, 4) is 0 Å². The van der Waals surface area contributed by atoms with Crippen LogP contribution >= 0.6 is 0 Å². The summed E-state index contributed by atoms with van der Waals surface area (Å²) in [6.07, 6.45) is 4.92. The molecular formula is C21H23N. The molecule has 2 saturated heterocycles. The highest BCUT2D eigenvalue weighted by Crippen LogP contribution is 2.55. The SMILES string of the molecule is Cc1ccccc1C12[C]N(c3ccccc3)C(C)(CC1)CC2. The van der Waals surface area contributed by atoms with E-state index >= 15 is 0 Å². The summed E-state index contributed by atoms with van der Waals surface area (Å²) in [7, 11) is 0. The molecule has 2 aliphatic heterocycles. The molecule has 0 N–H and O–H groups in total. The lowest BCUT2D eigenvalue weighted by molar-refractivity contribution is 0.171. The summed E-state index contributed by atoms with van der Waals surface area (Å²) in [5.74, 6) is 0. The summed E-state index contributed by atoms with van der Waals surface area (Å²) in [5, 5.41) is 0. The van der Waals surface area contributed by atoms with Crippen LogP contribution in [0.2, 0.25) is 0 Å². The monoisotopic (exact) mass is 289 g/mol. The maximum absolute atomic E-state index is 3.91. The topological polar surface area (TPSA) is 3.24 Å². The van der Waals surface area contributed by atoms with Gasteiger partial charge < -0.3 is 4.90 Å². The molecule has 1 nitrogen and oxygen atoms in total. The second-order valence-electron chi connectivity index (χ2n) is 7.18. The van der Waals surface area contributed by atoms with Gasteiger partial charge in [0, 0.05) is 16.6 Å². The zero-order chi connectivity index (χ0) is 15.2. The number of benzene rings is 2. The number of nitrogens with zero attached hydrogens (tertiary/aromatic N) is 1. The molecule has 0 unspecified atom stereocenters. The van der Waals surface area contributed by atoms with Gasteiger partial charge in [-0.3, -0.25) is 0 Å². The molecular weight excluding hydrogens is 266 g/mol. The molecule has 2 aromatic carbocycles. The van der Waals surface area contributed by atoms with Gasteiger partial charge in [0.25, 0.3) is 0 Å². The predicted octanol–water partition coefficient (Wildman–Crippen LogP) is 5.12. The first-order valence-electron chi connectivity index (χ1n) is 8.32. The number of anilines is 1. The first kappa shape index (κ1) is 13.9.